The highest BCUT2D eigenvalue weighted by Gasteiger charge is 2.54. The maximum absolute atomic E-state index is 10.2. The van der Waals surface area contributed by atoms with Gasteiger partial charge in [-0.2, -0.15) is 0 Å². The third kappa shape index (κ3) is 0.955. The average molecular weight is 143 g/mol. The molecule has 0 bridgehead atoms. The summed E-state index contributed by atoms with van der Waals surface area (Å²) in [5.41, 5.74) is 4.45. The lowest BCUT2D eigenvalue weighted by molar-refractivity contribution is -0.116. The summed E-state index contributed by atoms with van der Waals surface area (Å²) in [7, 11) is 0. The molecule has 10 heavy (non-hydrogen) atoms. The molecule has 0 aromatic rings. The zero-order valence-electron chi connectivity index (χ0n) is 5.36. The predicted molar refractivity (Wildman–Crippen MR) is 33.2 cm³/mol. The lowest BCUT2D eigenvalue weighted by atomic mass is 10.2. The monoisotopic (exact) mass is 143 g/mol. The Morgan fingerprint density at radius 1 is 1.70 bits per heavy atom. The number of aldehydes is 2. The van der Waals surface area contributed by atoms with Crippen LogP contribution < -0.4 is 5.73 Å². The van der Waals surface area contributed by atoms with E-state index < -0.39 is 11.6 Å². The zero-order chi connectivity index (χ0) is 7.78. The lowest BCUT2D eigenvalue weighted by Gasteiger charge is -2.02. The van der Waals surface area contributed by atoms with E-state index in [2.05, 4.69) is 0 Å². The molecular weight excluding hydrogens is 134 g/mol. The van der Waals surface area contributed by atoms with Gasteiger partial charge in [0.15, 0.2) is 0 Å². The van der Waals surface area contributed by atoms with Crippen LogP contribution in [-0.4, -0.2) is 29.3 Å². The SMILES string of the molecule is NC1(C=O)CC1C(O)C=O. The Hall–Kier alpha value is -0.740. The quantitative estimate of drug-likeness (QED) is 0.469. The number of rotatable bonds is 3. The third-order valence-electron chi connectivity index (χ3n) is 1.87. The third-order valence-corrected chi connectivity index (χ3v) is 1.87. The van der Waals surface area contributed by atoms with E-state index in [0.717, 1.165) is 0 Å². The number of carbonyl (C=O) groups is 2. The fraction of sp³-hybridized carbons (Fsp3) is 0.667. The first-order chi connectivity index (χ1) is 4.64. The van der Waals surface area contributed by atoms with Gasteiger partial charge in [0, 0.05) is 5.92 Å². The standard InChI is InChI=1S/C6H9NO3/c7-6(3-9)1-4(6)5(10)2-8/h2-5,10H,1,7H2. The van der Waals surface area contributed by atoms with Gasteiger partial charge in [0.2, 0.25) is 0 Å². The van der Waals surface area contributed by atoms with Crippen molar-refractivity contribution in [3.05, 3.63) is 0 Å². The van der Waals surface area contributed by atoms with Gasteiger partial charge >= 0.3 is 0 Å². The van der Waals surface area contributed by atoms with E-state index in [1.54, 1.807) is 0 Å². The van der Waals surface area contributed by atoms with Crippen molar-refractivity contribution in [2.24, 2.45) is 11.7 Å². The predicted octanol–water partition coefficient (Wildman–Crippen LogP) is -1.54. The molecule has 0 saturated heterocycles. The second-order valence-electron chi connectivity index (χ2n) is 2.67. The number of carbonyl (C=O) groups excluding carboxylic acids is 2. The summed E-state index contributed by atoms with van der Waals surface area (Å²) in [5, 5.41) is 8.86. The fourth-order valence-corrected chi connectivity index (χ4v) is 0.991. The molecule has 1 saturated carbocycles. The molecule has 3 atom stereocenters. The Morgan fingerprint density at radius 2 is 2.30 bits per heavy atom. The van der Waals surface area contributed by atoms with Crippen LogP contribution in [0.3, 0.4) is 0 Å². The minimum Gasteiger partial charge on any atom is -0.385 e. The van der Waals surface area contributed by atoms with Crippen LogP contribution in [0.1, 0.15) is 6.42 Å². The minimum atomic E-state index is -1.07. The van der Waals surface area contributed by atoms with Crippen molar-refractivity contribution in [2.45, 2.75) is 18.1 Å². The highest BCUT2D eigenvalue weighted by molar-refractivity contribution is 5.73. The number of hydrogen-bond acceptors (Lipinski definition) is 4. The maximum Gasteiger partial charge on any atom is 0.148 e. The molecular formula is C6H9NO3. The van der Waals surface area contributed by atoms with Gasteiger partial charge in [0.05, 0.1) is 5.54 Å². The van der Waals surface area contributed by atoms with E-state index in [9.17, 15) is 9.59 Å². The smallest absolute Gasteiger partial charge is 0.148 e. The maximum atomic E-state index is 10.2. The van der Waals surface area contributed by atoms with E-state index >= 15 is 0 Å². The van der Waals surface area contributed by atoms with Crippen LogP contribution in [0.25, 0.3) is 0 Å². The summed E-state index contributed by atoms with van der Waals surface area (Å²) < 4.78 is 0. The highest BCUT2D eigenvalue weighted by Crippen LogP contribution is 2.41. The second-order valence-corrected chi connectivity index (χ2v) is 2.67. The molecule has 0 aliphatic heterocycles. The molecule has 0 aromatic carbocycles. The van der Waals surface area contributed by atoms with Gasteiger partial charge in [0.1, 0.15) is 18.7 Å². The summed E-state index contributed by atoms with van der Waals surface area (Å²) in [4.78, 5) is 20.1. The number of hydrogen-bond donors (Lipinski definition) is 2. The van der Waals surface area contributed by atoms with Crippen molar-refractivity contribution in [3.8, 4) is 0 Å². The van der Waals surface area contributed by atoms with Crippen molar-refractivity contribution >= 4 is 12.6 Å². The van der Waals surface area contributed by atoms with Crippen molar-refractivity contribution in [1.29, 1.82) is 0 Å². The molecule has 56 valence electrons. The second kappa shape index (κ2) is 2.14. The Labute approximate surface area is 58.0 Å². The summed E-state index contributed by atoms with van der Waals surface area (Å²) in [6, 6.07) is 0. The molecule has 0 radical (unpaired) electrons. The van der Waals surface area contributed by atoms with Crippen molar-refractivity contribution in [1.82, 2.24) is 0 Å². The molecule has 0 amide bonds. The topological polar surface area (TPSA) is 80.4 Å². The molecule has 4 heteroatoms. The molecule has 4 nitrogen and oxygen atoms in total. The molecule has 1 rings (SSSR count). The highest BCUT2D eigenvalue weighted by atomic mass is 16.3. The number of aliphatic hydroxyl groups is 1. The summed E-state index contributed by atoms with van der Waals surface area (Å²) in [6.07, 6.45) is 0.332. The van der Waals surface area contributed by atoms with Crippen molar-refractivity contribution < 1.29 is 14.7 Å². The summed E-state index contributed by atoms with van der Waals surface area (Å²) in [5.74, 6) is -0.359. The van der Waals surface area contributed by atoms with Gasteiger partial charge in [-0.05, 0) is 6.42 Å². The van der Waals surface area contributed by atoms with Gasteiger partial charge in [-0.15, -0.1) is 0 Å². The Kier molecular flexibility index (Phi) is 1.58. The van der Waals surface area contributed by atoms with E-state index in [-0.39, 0.29) is 5.92 Å². The minimum absolute atomic E-state index is 0.359. The van der Waals surface area contributed by atoms with Gasteiger partial charge in [-0.1, -0.05) is 0 Å². The van der Waals surface area contributed by atoms with Gasteiger partial charge in [-0.3, -0.25) is 0 Å². The molecule has 1 aliphatic rings. The largest absolute Gasteiger partial charge is 0.385 e. The molecule has 3 unspecified atom stereocenters. The molecule has 0 heterocycles. The first kappa shape index (κ1) is 7.37. The first-order valence-corrected chi connectivity index (χ1v) is 3.02. The van der Waals surface area contributed by atoms with Gasteiger partial charge < -0.3 is 20.4 Å². The average Bonchev–Trinajstić information content (AvgIpc) is 2.62. The van der Waals surface area contributed by atoms with Crippen LogP contribution in [-0.2, 0) is 9.59 Å². The van der Waals surface area contributed by atoms with Crippen molar-refractivity contribution in [2.75, 3.05) is 0 Å². The lowest BCUT2D eigenvalue weighted by Crippen LogP contribution is -2.31. The summed E-state index contributed by atoms with van der Waals surface area (Å²) in [6.45, 7) is 0. The Balaban J connectivity index is 2.51. The van der Waals surface area contributed by atoms with Crippen LogP contribution in [0.2, 0.25) is 0 Å². The Morgan fingerprint density at radius 3 is 2.60 bits per heavy atom. The van der Waals surface area contributed by atoms with Gasteiger partial charge in [0.25, 0.3) is 0 Å². The normalized spacial score (nSPS) is 40.4. The summed E-state index contributed by atoms with van der Waals surface area (Å²) >= 11 is 0. The van der Waals surface area contributed by atoms with E-state index in [1.165, 1.54) is 0 Å². The van der Waals surface area contributed by atoms with Crippen LogP contribution in [0.5, 0.6) is 0 Å². The molecule has 1 aliphatic carbocycles. The van der Waals surface area contributed by atoms with Crippen LogP contribution in [0.4, 0.5) is 0 Å². The van der Waals surface area contributed by atoms with Crippen LogP contribution >= 0.6 is 0 Å². The van der Waals surface area contributed by atoms with E-state index in [0.29, 0.717) is 19.0 Å². The molecule has 0 spiro atoms. The fourth-order valence-electron chi connectivity index (χ4n) is 0.991. The van der Waals surface area contributed by atoms with Crippen LogP contribution in [0.15, 0.2) is 0 Å². The molecule has 3 N–H and O–H groups in total. The van der Waals surface area contributed by atoms with Crippen molar-refractivity contribution in [3.63, 3.8) is 0 Å². The van der Waals surface area contributed by atoms with Crippen LogP contribution in [0, 0.1) is 5.92 Å². The molecule has 0 aromatic heterocycles. The van der Waals surface area contributed by atoms with E-state index in [1.807, 2.05) is 0 Å². The van der Waals surface area contributed by atoms with E-state index in [4.69, 9.17) is 10.8 Å². The molecule has 1 fully saturated rings. The first-order valence-electron chi connectivity index (χ1n) is 3.02. The number of aliphatic hydroxyl groups excluding tert-OH is 1. The Bertz CT molecular complexity index is 170. The van der Waals surface area contributed by atoms with Gasteiger partial charge in [-0.25, -0.2) is 0 Å². The number of nitrogens with two attached hydrogens (primary N) is 1. The zero-order valence-corrected chi connectivity index (χ0v) is 5.36.